The van der Waals surface area contributed by atoms with Crippen molar-refractivity contribution in [1.82, 2.24) is 14.5 Å². The number of carbonyl (C=O) groups is 1. The third kappa shape index (κ3) is 5.44. The average molecular weight is 440 g/mol. The molecule has 1 aliphatic carbocycles. The number of carbonyl (C=O) groups excluding carboxylic acids is 1. The summed E-state index contributed by atoms with van der Waals surface area (Å²) in [7, 11) is -0.125. The van der Waals surface area contributed by atoms with Crippen molar-refractivity contribution in [3.05, 3.63) is 23.8 Å². The lowest BCUT2D eigenvalue weighted by Crippen LogP contribution is -2.47. The van der Waals surface area contributed by atoms with Gasteiger partial charge in [0, 0.05) is 43.9 Å². The Bertz CT molecular complexity index is 845. The summed E-state index contributed by atoms with van der Waals surface area (Å²) in [4.78, 5) is 15.0. The van der Waals surface area contributed by atoms with Crippen molar-refractivity contribution in [3.8, 4) is 11.5 Å². The highest BCUT2D eigenvalue weighted by Gasteiger charge is 2.40. The molecule has 1 heterocycles. The Labute approximate surface area is 179 Å². The first-order chi connectivity index (χ1) is 14.3. The van der Waals surface area contributed by atoms with E-state index in [0.29, 0.717) is 32.6 Å². The summed E-state index contributed by atoms with van der Waals surface area (Å²) in [5, 5.41) is 3.03. The van der Waals surface area contributed by atoms with Crippen molar-refractivity contribution in [1.29, 1.82) is 0 Å². The van der Waals surface area contributed by atoms with Crippen molar-refractivity contribution in [2.45, 2.75) is 38.3 Å². The molecule has 2 aliphatic rings. The molecule has 0 radical (unpaired) electrons. The molecule has 2 fully saturated rings. The molecular formula is C21H33N3O5S. The quantitative estimate of drug-likeness (QED) is 0.747. The first kappa shape index (κ1) is 22.8. The van der Waals surface area contributed by atoms with Crippen molar-refractivity contribution >= 4 is 15.9 Å². The second-order valence-electron chi connectivity index (χ2n) is 8.08. The number of methoxy groups -OCH3 is 2. The van der Waals surface area contributed by atoms with Crippen molar-refractivity contribution < 1.29 is 22.7 Å². The van der Waals surface area contributed by atoms with Crippen LogP contribution in [-0.4, -0.2) is 76.2 Å². The molecule has 168 valence electrons. The second-order valence-corrected chi connectivity index (χ2v) is 10.0. The van der Waals surface area contributed by atoms with E-state index >= 15 is 0 Å². The van der Waals surface area contributed by atoms with Crippen LogP contribution >= 0.6 is 0 Å². The van der Waals surface area contributed by atoms with E-state index in [2.05, 4.69) is 10.2 Å². The molecular weight excluding hydrogens is 406 g/mol. The monoisotopic (exact) mass is 439 g/mol. The number of ether oxygens (including phenoxy) is 2. The first-order valence-electron chi connectivity index (χ1n) is 10.5. The van der Waals surface area contributed by atoms with Crippen molar-refractivity contribution in [3.63, 3.8) is 0 Å². The van der Waals surface area contributed by atoms with Gasteiger partial charge in [-0.25, -0.2) is 8.42 Å². The molecule has 1 aliphatic heterocycles. The lowest BCUT2D eigenvalue weighted by Gasteiger charge is -2.30. The summed E-state index contributed by atoms with van der Waals surface area (Å²) in [6.45, 7) is 3.04. The van der Waals surface area contributed by atoms with Crippen LogP contribution in [0.2, 0.25) is 0 Å². The van der Waals surface area contributed by atoms with Gasteiger partial charge in [0.25, 0.3) is 0 Å². The summed E-state index contributed by atoms with van der Waals surface area (Å²) in [5.74, 6) is 1.19. The predicted octanol–water partition coefficient (Wildman–Crippen LogP) is 1.46. The van der Waals surface area contributed by atoms with Gasteiger partial charge in [-0.2, -0.15) is 4.31 Å². The van der Waals surface area contributed by atoms with Gasteiger partial charge < -0.3 is 14.8 Å². The Morgan fingerprint density at radius 3 is 2.60 bits per heavy atom. The van der Waals surface area contributed by atoms with Crippen LogP contribution in [0.4, 0.5) is 0 Å². The van der Waals surface area contributed by atoms with Gasteiger partial charge in [0.1, 0.15) is 11.5 Å². The van der Waals surface area contributed by atoms with Crippen LogP contribution in [0.25, 0.3) is 0 Å². The number of rotatable bonds is 5. The number of sulfonamides is 1. The Morgan fingerprint density at radius 1 is 1.10 bits per heavy atom. The molecule has 3 rings (SSSR count). The fourth-order valence-corrected chi connectivity index (χ4v) is 5.79. The molecule has 0 unspecified atom stereocenters. The lowest BCUT2D eigenvalue weighted by atomic mass is 10.0. The molecule has 0 spiro atoms. The van der Waals surface area contributed by atoms with Gasteiger partial charge in [-0.05, 0) is 31.9 Å². The maximum Gasteiger partial charge on any atom is 0.224 e. The third-order valence-electron chi connectivity index (χ3n) is 6.08. The molecule has 9 heteroatoms. The summed E-state index contributed by atoms with van der Waals surface area (Å²) in [6.07, 6.45) is 4.34. The molecule has 1 amide bonds. The van der Waals surface area contributed by atoms with E-state index in [1.54, 1.807) is 18.5 Å². The van der Waals surface area contributed by atoms with Gasteiger partial charge in [-0.15, -0.1) is 0 Å². The highest BCUT2D eigenvalue weighted by Crippen LogP contribution is 2.32. The van der Waals surface area contributed by atoms with E-state index in [9.17, 15) is 13.2 Å². The summed E-state index contributed by atoms with van der Waals surface area (Å²) < 4.78 is 37.2. The Hall–Kier alpha value is -1.84. The Balaban J connectivity index is 1.76. The number of hydrogen-bond donors (Lipinski definition) is 1. The fraction of sp³-hybridized carbons (Fsp3) is 0.667. The van der Waals surface area contributed by atoms with E-state index < -0.39 is 10.0 Å². The van der Waals surface area contributed by atoms with Crippen LogP contribution in [-0.2, 0) is 21.4 Å². The summed E-state index contributed by atoms with van der Waals surface area (Å²) >= 11 is 0. The molecule has 1 aromatic carbocycles. The van der Waals surface area contributed by atoms with Gasteiger partial charge in [0.2, 0.25) is 15.9 Å². The molecule has 1 saturated heterocycles. The normalized spacial score (nSPS) is 24.6. The SMILES string of the molecule is COc1ccc(CN2CCCN(S(C)(=O)=O)[C@H]3CCC[C@H]3C(=O)NCC2)c(OC)c1. The van der Waals surface area contributed by atoms with Crippen LogP contribution in [0.15, 0.2) is 18.2 Å². The zero-order valence-corrected chi connectivity index (χ0v) is 18.9. The molecule has 30 heavy (non-hydrogen) atoms. The van der Waals surface area contributed by atoms with Gasteiger partial charge in [-0.3, -0.25) is 9.69 Å². The highest BCUT2D eigenvalue weighted by molar-refractivity contribution is 7.88. The predicted molar refractivity (Wildman–Crippen MR) is 115 cm³/mol. The number of amides is 1. The minimum Gasteiger partial charge on any atom is -0.497 e. The van der Waals surface area contributed by atoms with Crippen LogP contribution in [0.5, 0.6) is 11.5 Å². The minimum absolute atomic E-state index is 0.0324. The second kappa shape index (κ2) is 9.98. The molecule has 1 N–H and O–H groups in total. The molecule has 1 aromatic rings. The number of benzene rings is 1. The van der Waals surface area contributed by atoms with Gasteiger partial charge in [0.15, 0.2) is 0 Å². The van der Waals surface area contributed by atoms with Crippen LogP contribution < -0.4 is 14.8 Å². The van der Waals surface area contributed by atoms with E-state index in [1.807, 2.05) is 18.2 Å². The molecule has 8 nitrogen and oxygen atoms in total. The van der Waals surface area contributed by atoms with Gasteiger partial charge >= 0.3 is 0 Å². The third-order valence-corrected chi connectivity index (χ3v) is 7.39. The highest BCUT2D eigenvalue weighted by atomic mass is 32.2. The number of nitrogens with zero attached hydrogens (tertiary/aromatic N) is 2. The van der Waals surface area contributed by atoms with E-state index in [4.69, 9.17) is 9.47 Å². The standard InChI is InChI=1S/C21H33N3O5S/c1-28-17-9-8-16(20(14-17)29-2)15-23-11-5-12-24(30(3,26)27)19-7-4-6-18(19)21(25)22-10-13-23/h8-9,14,18-19H,4-7,10-13,15H2,1-3H3,(H,22,25)/t18-,19+/m1/s1. The smallest absolute Gasteiger partial charge is 0.224 e. The maximum absolute atomic E-state index is 12.7. The zero-order chi connectivity index (χ0) is 21.7. The van der Waals surface area contributed by atoms with E-state index in [0.717, 1.165) is 42.9 Å². The number of hydrogen-bond acceptors (Lipinski definition) is 6. The topological polar surface area (TPSA) is 88.2 Å². The van der Waals surface area contributed by atoms with Gasteiger partial charge in [-0.1, -0.05) is 12.5 Å². The Morgan fingerprint density at radius 2 is 1.90 bits per heavy atom. The largest absolute Gasteiger partial charge is 0.497 e. The van der Waals surface area contributed by atoms with E-state index in [1.165, 1.54) is 6.26 Å². The van der Waals surface area contributed by atoms with Crippen molar-refractivity contribution in [2.75, 3.05) is 46.7 Å². The Kier molecular flexibility index (Phi) is 7.60. The zero-order valence-electron chi connectivity index (χ0n) is 18.1. The molecule has 0 bridgehead atoms. The lowest BCUT2D eigenvalue weighted by molar-refractivity contribution is -0.125. The van der Waals surface area contributed by atoms with Crippen LogP contribution in [0.1, 0.15) is 31.2 Å². The molecule has 1 saturated carbocycles. The molecule has 0 aromatic heterocycles. The van der Waals surface area contributed by atoms with Gasteiger partial charge in [0.05, 0.1) is 26.4 Å². The summed E-state index contributed by atoms with van der Waals surface area (Å²) in [6, 6.07) is 5.51. The minimum atomic E-state index is -3.38. The van der Waals surface area contributed by atoms with Crippen LogP contribution in [0.3, 0.4) is 0 Å². The number of fused-ring (bicyclic) bond motifs is 1. The number of nitrogens with one attached hydrogen (secondary N) is 1. The van der Waals surface area contributed by atoms with E-state index in [-0.39, 0.29) is 17.9 Å². The fourth-order valence-electron chi connectivity index (χ4n) is 4.58. The summed E-state index contributed by atoms with van der Waals surface area (Å²) in [5.41, 5.74) is 1.02. The van der Waals surface area contributed by atoms with Crippen molar-refractivity contribution in [2.24, 2.45) is 5.92 Å². The maximum atomic E-state index is 12.7. The average Bonchev–Trinajstić information content (AvgIpc) is 3.18. The first-order valence-corrected chi connectivity index (χ1v) is 12.4. The molecule has 2 atom stereocenters. The van der Waals surface area contributed by atoms with Crippen LogP contribution in [0, 0.1) is 5.92 Å².